The molecule has 1 N–H and O–H groups in total. The highest BCUT2D eigenvalue weighted by Gasteiger charge is 2.47. The molecule has 0 radical (unpaired) electrons. The van der Waals surface area contributed by atoms with Crippen LogP contribution in [0.2, 0.25) is 0 Å². The summed E-state index contributed by atoms with van der Waals surface area (Å²) in [5.41, 5.74) is 0.458. The van der Waals surface area contributed by atoms with Crippen LogP contribution >= 0.6 is 0 Å². The van der Waals surface area contributed by atoms with Gasteiger partial charge in [0.1, 0.15) is 11.4 Å². The van der Waals surface area contributed by atoms with Crippen molar-refractivity contribution >= 4 is 5.69 Å². The second kappa shape index (κ2) is 4.77. The Balaban J connectivity index is 2.29. The van der Waals surface area contributed by atoms with E-state index in [1.807, 2.05) is 0 Å². The van der Waals surface area contributed by atoms with Gasteiger partial charge in [-0.2, -0.15) is 5.26 Å². The first-order chi connectivity index (χ1) is 9.15. The first-order valence-electron chi connectivity index (χ1n) is 7.11. The summed E-state index contributed by atoms with van der Waals surface area (Å²) >= 11 is 0. The van der Waals surface area contributed by atoms with Gasteiger partial charge in [0, 0.05) is 5.69 Å². The standard InChI is InChI=1S/C17H23FN2/c1-15(2)9-16(3,4)11-17(10-15,12-19)20-14-7-5-13(18)6-8-14/h5-8,20H,9-11H2,1-4H3. The minimum absolute atomic E-state index is 0.116. The maximum Gasteiger partial charge on any atom is 0.126 e. The number of hydrogen-bond acceptors (Lipinski definition) is 2. The zero-order chi connectivity index (χ0) is 15.0. The van der Waals surface area contributed by atoms with Crippen molar-refractivity contribution in [2.24, 2.45) is 10.8 Å². The van der Waals surface area contributed by atoms with Gasteiger partial charge in [-0.1, -0.05) is 27.7 Å². The summed E-state index contributed by atoms with van der Waals surface area (Å²) in [6.07, 6.45) is 2.71. The molecular formula is C17H23FN2. The molecule has 0 unspecified atom stereocenters. The molecule has 0 aliphatic heterocycles. The monoisotopic (exact) mass is 274 g/mol. The smallest absolute Gasteiger partial charge is 0.126 e. The lowest BCUT2D eigenvalue weighted by atomic mass is 9.58. The third-order valence-corrected chi connectivity index (χ3v) is 3.96. The Morgan fingerprint density at radius 3 is 1.95 bits per heavy atom. The fourth-order valence-corrected chi connectivity index (χ4v) is 4.12. The van der Waals surface area contributed by atoms with E-state index in [-0.39, 0.29) is 16.6 Å². The maximum atomic E-state index is 13.0. The molecule has 2 rings (SSSR count). The van der Waals surface area contributed by atoms with Crippen molar-refractivity contribution in [3.8, 4) is 6.07 Å². The highest BCUT2D eigenvalue weighted by molar-refractivity contribution is 5.48. The highest BCUT2D eigenvalue weighted by atomic mass is 19.1. The van der Waals surface area contributed by atoms with Crippen LogP contribution in [0, 0.1) is 28.0 Å². The molecule has 20 heavy (non-hydrogen) atoms. The summed E-state index contributed by atoms with van der Waals surface area (Å²) in [7, 11) is 0. The Bertz CT molecular complexity index is 507. The summed E-state index contributed by atoms with van der Waals surface area (Å²) in [5.74, 6) is -0.258. The maximum absolute atomic E-state index is 13.0. The quantitative estimate of drug-likeness (QED) is 0.845. The molecule has 0 amide bonds. The summed E-state index contributed by atoms with van der Waals surface area (Å²) in [4.78, 5) is 0. The van der Waals surface area contributed by atoms with Crippen molar-refractivity contribution in [2.75, 3.05) is 5.32 Å². The molecule has 0 aromatic heterocycles. The van der Waals surface area contributed by atoms with E-state index >= 15 is 0 Å². The summed E-state index contributed by atoms with van der Waals surface area (Å²) in [6, 6.07) is 8.73. The van der Waals surface area contributed by atoms with E-state index in [9.17, 15) is 9.65 Å². The number of nitriles is 1. The van der Waals surface area contributed by atoms with Crippen molar-refractivity contribution in [3.05, 3.63) is 30.1 Å². The van der Waals surface area contributed by atoms with Crippen molar-refractivity contribution < 1.29 is 4.39 Å². The first kappa shape index (κ1) is 14.8. The fourth-order valence-electron chi connectivity index (χ4n) is 4.12. The minimum Gasteiger partial charge on any atom is -0.367 e. The van der Waals surface area contributed by atoms with Crippen LogP contribution < -0.4 is 5.32 Å². The minimum atomic E-state index is -0.580. The van der Waals surface area contributed by atoms with E-state index in [1.54, 1.807) is 12.1 Å². The topological polar surface area (TPSA) is 35.8 Å². The Morgan fingerprint density at radius 2 is 1.50 bits per heavy atom. The molecule has 1 aliphatic carbocycles. The van der Waals surface area contributed by atoms with E-state index in [0.717, 1.165) is 24.9 Å². The van der Waals surface area contributed by atoms with Crippen LogP contribution in [0.1, 0.15) is 47.0 Å². The number of benzene rings is 1. The largest absolute Gasteiger partial charge is 0.367 e. The fraction of sp³-hybridized carbons (Fsp3) is 0.588. The Hall–Kier alpha value is -1.56. The number of anilines is 1. The molecule has 0 heterocycles. The zero-order valence-electron chi connectivity index (χ0n) is 12.8. The Kier molecular flexibility index (Phi) is 3.54. The van der Waals surface area contributed by atoms with Crippen LogP contribution in [-0.2, 0) is 0 Å². The third kappa shape index (κ3) is 3.30. The van der Waals surface area contributed by atoms with E-state index in [2.05, 4.69) is 39.1 Å². The molecular weight excluding hydrogens is 251 g/mol. The van der Waals surface area contributed by atoms with Gasteiger partial charge in [0.2, 0.25) is 0 Å². The van der Waals surface area contributed by atoms with Crippen LogP contribution in [-0.4, -0.2) is 5.54 Å². The molecule has 0 saturated heterocycles. The predicted octanol–water partition coefficient (Wildman–Crippen LogP) is 4.74. The highest BCUT2D eigenvalue weighted by Crippen LogP contribution is 2.50. The number of rotatable bonds is 2. The normalized spacial score (nSPS) is 22.8. The lowest BCUT2D eigenvalue weighted by Crippen LogP contribution is -2.50. The number of nitrogens with one attached hydrogen (secondary N) is 1. The van der Waals surface area contributed by atoms with Crippen molar-refractivity contribution in [1.82, 2.24) is 0 Å². The lowest BCUT2D eigenvalue weighted by molar-refractivity contribution is 0.0811. The zero-order valence-corrected chi connectivity index (χ0v) is 12.8. The van der Waals surface area contributed by atoms with Gasteiger partial charge >= 0.3 is 0 Å². The molecule has 2 nitrogen and oxygen atoms in total. The second-order valence-electron chi connectivity index (χ2n) is 7.68. The SMILES string of the molecule is CC1(C)CC(C)(C)CC(C#N)(Nc2ccc(F)cc2)C1. The van der Waals surface area contributed by atoms with Gasteiger partial charge in [-0.25, -0.2) is 4.39 Å². The summed E-state index contributed by atoms with van der Waals surface area (Å²) in [6.45, 7) is 8.86. The van der Waals surface area contributed by atoms with E-state index < -0.39 is 5.54 Å². The second-order valence-corrected chi connectivity index (χ2v) is 7.68. The van der Waals surface area contributed by atoms with Gasteiger partial charge < -0.3 is 5.32 Å². The van der Waals surface area contributed by atoms with Crippen LogP contribution in [0.4, 0.5) is 10.1 Å². The lowest BCUT2D eigenvalue weighted by Gasteiger charge is -2.49. The summed E-state index contributed by atoms with van der Waals surface area (Å²) in [5, 5.41) is 13.1. The molecule has 1 saturated carbocycles. The van der Waals surface area contributed by atoms with E-state index in [1.165, 1.54) is 12.1 Å². The molecule has 1 fully saturated rings. The van der Waals surface area contributed by atoms with E-state index in [0.29, 0.717) is 0 Å². The Morgan fingerprint density at radius 1 is 1.00 bits per heavy atom. The van der Waals surface area contributed by atoms with Gasteiger partial charge in [-0.3, -0.25) is 0 Å². The average molecular weight is 274 g/mol. The van der Waals surface area contributed by atoms with Crippen molar-refractivity contribution in [3.63, 3.8) is 0 Å². The van der Waals surface area contributed by atoms with Gasteiger partial charge in [-0.15, -0.1) is 0 Å². The Labute approximate surface area is 121 Å². The molecule has 0 atom stereocenters. The number of halogens is 1. The summed E-state index contributed by atoms with van der Waals surface area (Å²) < 4.78 is 13.0. The third-order valence-electron chi connectivity index (χ3n) is 3.96. The van der Waals surface area contributed by atoms with Gasteiger partial charge in [-0.05, 0) is 54.4 Å². The van der Waals surface area contributed by atoms with Gasteiger partial charge in [0.15, 0.2) is 0 Å². The van der Waals surface area contributed by atoms with Crippen LogP contribution in [0.5, 0.6) is 0 Å². The van der Waals surface area contributed by atoms with E-state index in [4.69, 9.17) is 0 Å². The molecule has 3 heteroatoms. The van der Waals surface area contributed by atoms with Crippen LogP contribution in [0.3, 0.4) is 0 Å². The molecule has 0 bridgehead atoms. The molecule has 108 valence electrons. The molecule has 1 aromatic carbocycles. The van der Waals surface area contributed by atoms with Gasteiger partial charge in [0.05, 0.1) is 6.07 Å². The molecule has 1 aliphatic rings. The van der Waals surface area contributed by atoms with Crippen LogP contribution in [0.25, 0.3) is 0 Å². The predicted molar refractivity (Wildman–Crippen MR) is 79.8 cm³/mol. The molecule has 0 spiro atoms. The van der Waals surface area contributed by atoms with Crippen LogP contribution in [0.15, 0.2) is 24.3 Å². The number of nitrogens with zero attached hydrogens (tertiary/aromatic N) is 1. The average Bonchev–Trinajstić information content (AvgIpc) is 2.28. The first-order valence-corrected chi connectivity index (χ1v) is 7.11. The number of hydrogen-bond donors (Lipinski definition) is 1. The van der Waals surface area contributed by atoms with Crippen molar-refractivity contribution in [1.29, 1.82) is 5.26 Å². The van der Waals surface area contributed by atoms with Crippen molar-refractivity contribution in [2.45, 2.75) is 52.5 Å². The molecule has 1 aromatic rings. The van der Waals surface area contributed by atoms with Gasteiger partial charge in [0.25, 0.3) is 0 Å².